The number of hydrogen-bond donors (Lipinski definition) is 0. The molecule has 0 radical (unpaired) electrons. The molecule has 20 heavy (non-hydrogen) atoms. The van der Waals surface area contributed by atoms with Gasteiger partial charge in [0.15, 0.2) is 0 Å². The van der Waals surface area contributed by atoms with Crippen LogP contribution in [0.15, 0.2) is 29.8 Å². The van der Waals surface area contributed by atoms with Crippen LogP contribution in [0.25, 0.3) is 0 Å². The summed E-state index contributed by atoms with van der Waals surface area (Å²) in [5.41, 5.74) is 5.62. The van der Waals surface area contributed by atoms with Crippen LogP contribution in [0.3, 0.4) is 0 Å². The second-order valence-electron chi connectivity index (χ2n) is 5.70. The minimum Gasteiger partial charge on any atom is -0.250 e. The fourth-order valence-electron chi connectivity index (χ4n) is 3.08. The molecule has 2 nitrogen and oxygen atoms in total. The van der Waals surface area contributed by atoms with Crippen LogP contribution in [-0.2, 0) is 19.3 Å². The molecule has 0 bridgehead atoms. The van der Waals surface area contributed by atoms with Gasteiger partial charge in [-0.25, -0.2) is 4.98 Å². The van der Waals surface area contributed by atoms with Gasteiger partial charge in [0.25, 0.3) is 0 Å². The fourth-order valence-corrected chi connectivity index (χ4v) is 3.87. The standard InChI is InChI=1S/C17H18N2S/c1-13-16(20-12-19-13)7-9-17(11-18)8-6-14-4-2-3-5-15(14)10-17/h2-5,12H,6-10H2,1H3. The zero-order chi connectivity index (χ0) is 14.0. The van der Waals surface area contributed by atoms with E-state index in [4.69, 9.17) is 0 Å². The van der Waals surface area contributed by atoms with Crippen molar-refractivity contribution < 1.29 is 0 Å². The molecule has 3 heteroatoms. The molecule has 0 spiro atoms. The molecule has 1 aromatic carbocycles. The monoisotopic (exact) mass is 282 g/mol. The average Bonchev–Trinajstić information content (AvgIpc) is 2.90. The third-order valence-corrected chi connectivity index (χ3v) is 5.43. The van der Waals surface area contributed by atoms with E-state index in [1.165, 1.54) is 16.0 Å². The molecule has 1 atom stereocenters. The van der Waals surface area contributed by atoms with Crippen molar-refractivity contribution in [3.8, 4) is 6.07 Å². The Morgan fingerprint density at radius 2 is 2.15 bits per heavy atom. The summed E-state index contributed by atoms with van der Waals surface area (Å²) in [4.78, 5) is 5.63. The van der Waals surface area contributed by atoms with E-state index >= 15 is 0 Å². The number of aryl methyl sites for hydroxylation is 3. The van der Waals surface area contributed by atoms with E-state index in [1.54, 1.807) is 11.3 Å². The third-order valence-electron chi connectivity index (χ3n) is 4.43. The van der Waals surface area contributed by atoms with Crippen LogP contribution in [0.2, 0.25) is 0 Å². The van der Waals surface area contributed by atoms with Crippen LogP contribution >= 0.6 is 11.3 Å². The summed E-state index contributed by atoms with van der Waals surface area (Å²) in [6.45, 7) is 2.06. The lowest BCUT2D eigenvalue weighted by Crippen LogP contribution is -2.28. The molecule has 0 saturated heterocycles. The summed E-state index contributed by atoms with van der Waals surface area (Å²) in [6, 6.07) is 11.2. The highest BCUT2D eigenvalue weighted by molar-refractivity contribution is 7.09. The molecule has 0 fully saturated rings. The van der Waals surface area contributed by atoms with E-state index in [2.05, 4.69) is 42.2 Å². The molecule has 1 unspecified atom stereocenters. The number of nitrogens with zero attached hydrogens (tertiary/aromatic N) is 2. The molecule has 1 aromatic heterocycles. The van der Waals surface area contributed by atoms with Crippen LogP contribution in [0.1, 0.15) is 34.5 Å². The summed E-state index contributed by atoms with van der Waals surface area (Å²) < 4.78 is 0. The molecule has 0 amide bonds. The zero-order valence-corrected chi connectivity index (χ0v) is 12.5. The molecule has 102 valence electrons. The summed E-state index contributed by atoms with van der Waals surface area (Å²) in [6.07, 6.45) is 4.84. The van der Waals surface area contributed by atoms with Crippen molar-refractivity contribution in [3.63, 3.8) is 0 Å². The van der Waals surface area contributed by atoms with Crippen molar-refractivity contribution in [1.29, 1.82) is 5.26 Å². The minimum absolute atomic E-state index is 0.190. The highest BCUT2D eigenvalue weighted by Gasteiger charge is 2.34. The second kappa shape index (κ2) is 5.38. The Balaban J connectivity index is 1.77. The largest absolute Gasteiger partial charge is 0.250 e. The van der Waals surface area contributed by atoms with Gasteiger partial charge in [0.1, 0.15) is 0 Å². The highest BCUT2D eigenvalue weighted by atomic mass is 32.1. The SMILES string of the molecule is Cc1ncsc1CCC1(C#N)CCc2ccccc2C1. The van der Waals surface area contributed by atoms with Crippen LogP contribution in [-0.4, -0.2) is 4.98 Å². The number of hydrogen-bond acceptors (Lipinski definition) is 3. The number of thiazole rings is 1. The Bertz CT molecular complexity index is 653. The lowest BCUT2D eigenvalue weighted by Gasteiger charge is -2.32. The van der Waals surface area contributed by atoms with Gasteiger partial charge in [0.05, 0.1) is 22.7 Å². The predicted molar refractivity (Wildman–Crippen MR) is 81.7 cm³/mol. The first-order chi connectivity index (χ1) is 9.72. The van der Waals surface area contributed by atoms with Gasteiger partial charge in [-0.05, 0) is 50.2 Å². The number of rotatable bonds is 3. The third kappa shape index (κ3) is 2.48. The molecule has 0 saturated carbocycles. The van der Waals surface area contributed by atoms with Crippen molar-refractivity contribution in [3.05, 3.63) is 51.5 Å². The molecular formula is C17H18N2S. The van der Waals surface area contributed by atoms with E-state index in [0.29, 0.717) is 0 Å². The van der Waals surface area contributed by atoms with E-state index in [-0.39, 0.29) is 5.41 Å². The maximum absolute atomic E-state index is 9.70. The number of aromatic nitrogens is 1. The number of benzene rings is 1. The summed E-state index contributed by atoms with van der Waals surface area (Å²) >= 11 is 1.71. The van der Waals surface area contributed by atoms with E-state index in [1.807, 2.05) is 5.51 Å². The molecular weight excluding hydrogens is 264 g/mol. The van der Waals surface area contributed by atoms with Gasteiger partial charge in [0, 0.05) is 4.88 Å². The quantitative estimate of drug-likeness (QED) is 0.850. The molecule has 0 aliphatic heterocycles. The van der Waals surface area contributed by atoms with Gasteiger partial charge in [0.2, 0.25) is 0 Å². The fraction of sp³-hybridized carbons (Fsp3) is 0.412. The average molecular weight is 282 g/mol. The van der Waals surface area contributed by atoms with Crippen molar-refractivity contribution >= 4 is 11.3 Å². The van der Waals surface area contributed by atoms with Crippen molar-refractivity contribution in [1.82, 2.24) is 4.98 Å². The summed E-state index contributed by atoms with van der Waals surface area (Å²) in [5.74, 6) is 0. The van der Waals surface area contributed by atoms with E-state index in [0.717, 1.165) is 37.8 Å². The second-order valence-corrected chi connectivity index (χ2v) is 6.64. The molecule has 1 aliphatic carbocycles. The van der Waals surface area contributed by atoms with Gasteiger partial charge in [-0.2, -0.15) is 5.26 Å². The van der Waals surface area contributed by atoms with Crippen molar-refractivity contribution in [2.45, 2.75) is 39.0 Å². The minimum atomic E-state index is -0.190. The Labute approximate surface area is 124 Å². The molecule has 0 N–H and O–H groups in total. The van der Waals surface area contributed by atoms with Crippen molar-refractivity contribution in [2.75, 3.05) is 0 Å². The predicted octanol–water partition coefficient (Wildman–Crippen LogP) is 4.08. The maximum Gasteiger partial charge on any atom is 0.0797 e. The summed E-state index contributed by atoms with van der Waals surface area (Å²) in [7, 11) is 0. The Morgan fingerprint density at radius 3 is 2.85 bits per heavy atom. The van der Waals surface area contributed by atoms with Gasteiger partial charge < -0.3 is 0 Å². The first-order valence-corrected chi connectivity index (χ1v) is 7.97. The maximum atomic E-state index is 9.70. The van der Waals surface area contributed by atoms with Gasteiger partial charge in [-0.1, -0.05) is 24.3 Å². The Hall–Kier alpha value is -1.66. The smallest absolute Gasteiger partial charge is 0.0797 e. The molecule has 1 aliphatic rings. The molecule has 2 aromatic rings. The van der Waals surface area contributed by atoms with Crippen molar-refractivity contribution in [2.24, 2.45) is 5.41 Å². The van der Waals surface area contributed by atoms with Crippen LogP contribution in [0.4, 0.5) is 0 Å². The van der Waals surface area contributed by atoms with Crippen LogP contribution < -0.4 is 0 Å². The normalized spacial score (nSPS) is 21.2. The van der Waals surface area contributed by atoms with Crippen LogP contribution in [0, 0.1) is 23.7 Å². The van der Waals surface area contributed by atoms with Gasteiger partial charge in [-0.15, -0.1) is 11.3 Å². The number of nitriles is 1. The molecule has 3 rings (SSSR count). The Morgan fingerprint density at radius 1 is 1.35 bits per heavy atom. The van der Waals surface area contributed by atoms with Crippen LogP contribution in [0.5, 0.6) is 0 Å². The topological polar surface area (TPSA) is 36.7 Å². The first-order valence-electron chi connectivity index (χ1n) is 7.09. The lowest BCUT2D eigenvalue weighted by molar-refractivity contribution is 0.317. The number of fused-ring (bicyclic) bond motifs is 1. The zero-order valence-electron chi connectivity index (χ0n) is 11.7. The van der Waals surface area contributed by atoms with E-state index in [9.17, 15) is 5.26 Å². The summed E-state index contributed by atoms with van der Waals surface area (Å²) in [5, 5.41) is 9.70. The van der Waals surface area contributed by atoms with Gasteiger partial charge in [-0.3, -0.25) is 0 Å². The van der Waals surface area contributed by atoms with Gasteiger partial charge >= 0.3 is 0 Å². The molecule has 1 heterocycles. The lowest BCUT2D eigenvalue weighted by atomic mass is 9.70. The Kier molecular flexibility index (Phi) is 3.58. The van der Waals surface area contributed by atoms with E-state index < -0.39 is 0 Å². The highest BCUT2D eigenvalue weighted by Crippen LogP contribution is 2.39. The first kappa shape index (κ1) is 13.3.